The maximum atomic E-state index is 4.75. The molecule has 4 atom stereocenters. The Labute approximate surface area is 211 Å². The number of hydrogen-bond acceptors (Lipinski definition) is 0. The molecule has 0 nitrogen and oxygen atoms in total. The summed E-state index contributed by atoms with van der Waals surface area (Å²) in [6, 6.07) is 24.5. The standard InChI is InChI=1S/C35H38/c1-6-13-23(3)33-24(4)20-30-21-29(25(5)34(30)35(33)28-15-9-8-10-16-28)22-32-26(7-2)18-19-27-14-11-12-17-31(27)32/h8-12,14-20,22,24,33-35H,3,5-7,13,21H2,1-2,4H3. The normalized spacial score (nSPS) is 25.1. The van der Waals surface area contributed by atoms with E-state index in [4.69, 9.17) is 6.58 Å². The van der Waals surface area contributed by atoms with Crippen molar-refractivity contribution in [2.45, 2.75) is 52.4 Å². The summed E-state index contributed by atoms with van der Waals surface area (Å²) in [6.45, 7) is 16.3. The molecule has 0 amide bonds. The Balaban J connectivity index is 1.62. The molecule has 0 radical (unpaired) electrons. The average Bonchev–Trinajstić information content (AvgIpc) is 3.18. The summed E-state index contributed by atoms with van der Waals surface area (Å²) in [5.74, 6) is 1.70. The first-order chi connectivity index (χ1) is 17.0. The Morgan fingerprint density at radius 2 is 1.71 bits per heavy atom. The van der Waals surface area contributed by atoms with Crippen molar-refractivity contribution in [2.24, 2.45) is 17.8 Å². The molecule has 3 aromatic carbocycles. The Hall–Kier alpha value is -3.12. The zero-order chi connectivity index (χ0) is 24.5. The van der Waals surface area contributed by atoms with Crippen LogP contribution in [0.3, 0.4) is 0 Å². The second-order valence-electron chi connectivity index (χ2n) is 10.5. The zero-order valence-corrected chi connectivity index (χ0v) is 21.6. The average molecular weight is 459 g/mol. The van der Waals surface area contributed by atoms with E-state index in [2.05, 4.69) is 106 Å². The lowest BCUT2D eigenvalue weighted by Gasteiger charge is -2.41. The van der Waals surface area contributed by atoms with Crippen LogP contribution in [-0.2, 0) is 6.42 Å². The van der Waals surface area contributed by atoms with Crippen molar-refractivity contribution in [3.05, 3.63) is 125 Å². The maximum absolute atomic E-state index is 4.75. The fourth-order valence-corrected chi connectivity index (χ4v) is 6.78. The summed E-state index contributed by atoms with van der Waals surface area (Å²) < 4.78 is 0. The van der Waals surface area contributed by atoms with E-state index >= 15 is 0 Å². The molecule has 0 heteroatoms. The molecule has 1 fully saturated rings. The molecule has 0 aromatic heterocycles. The predicted molar refractivity (Wildman–Crippen MR) is 153 cm³/mol. The third-order valence-corrected chi connectivity index (χ3v) is 8.36. The molecule has 178 valence electrons. The number of benzene rings is 3. The van der Waals surface area contributed by atoms with Gasteiger partial charge in [-0.05, 0) is 69.7 Å². The minimum Gasteiger partial charge on any atom is -0.0995 e. The molecule has 2 aliphatic carbocycles. The van der Waals surface area contributed by atoms with Crippen molar-refractivity contribution in [3.8, 4) is 0 Å². The molecule has 0 spiro atoms. The highest BCUT2D eigenvalue weighted by Crippen LogP contribution is 2.57. The van der Waals surface area contributed by atoms with Gasteiger partial charge in [-0.25, -0.2) is 0 Å². The lowest BCUT2D eigenvalue weighted by atomic mass is 9.62. The number of aryl methyl sites for hydroxylation is 1. The van der Waals surface area contributed by atoms with Gasteiger partial charge in [-0.3, -0.25) is 0 Å². The SMILES string of the molecule is C=C1C(=Cc2c(CC)ccc3ccccc23)CC2=CC(C)C(C(=C)CCC)C(c3ccccc3)C12. The van der Waals surface area contributed by atoms with Gasteiger partial charge in [0.2, 0.25) is 0 Å². The fraction of sp³-hybridized carbons (Fsp3) is 0.314. The van der Waals surface area contributed by atoms with Crippen molar-refractivity contribution < 1.29 is 0 Å². The van der Waals surface area contributed by atoms with E-state index in [1.165, 1.54) is 44.2 Å². The second-order valence-corrected chi connectivity index (χ2v) is 10.5. The zero-order valence-electron chi connectivity index (χ0n) is 21.6. The van der Waals surface area contributed by atoms with E-state index in [0.29, 0.717) is 23.7 Å². The van der Waals surface area contributed by atoms with Crippen molar-refractivity contribution in [1.82, 2.24) is 0 Å². The van der Waals surface area contributed by atoms with E-state index in [1.807, 2.05) is 0 Å². The van der Waals surface area contributed by atoms with Crippen molar-refractivity contribution in [2.75, 3.05) is 0 Å². The van der Waals surface area contributed by atoms with Crippen LogP contribution in [0.2, 0.25) is 0 Å². The van der Waals surface area contributed by atoms with Gasteiger partial charge in [0, 0.05) is 11.8 Å². The van der Waals surface area contributed by atoms with E-state index in [-0.39, 0.29) is 0 Å². The summed E-state index contributed by atoms with van der Waals surface area (Å²) in [7, 11) is 0. The van der Waals surface area contributed by atoms with Crippen LogP contribution in [0.25, 0.3) is 16.8 Å². The number of fused-ring (bicyclic) bond motifs is 2. The Morgan fingerprint density at radius 3 is 2.46 bits per heavy atom. The smallest absolute Gasteiger partial charge is 0.0123 e. The first kappa shape index (κ1) is 23.6. The summed E-state index contributed by atoms with van der Waals surface area (Å²) in [4.78, 5) is 0. The summed E-state index contributed by atoms with van der Waals surface area (Å²) in [5, 5.41) is 2.65. The van der Waals surface area contributed by atoms with E-state index < -0.39 is 0 Å². The highest BCUT2D eigenvalue weighted by molar-refractivity contribution is 5.93. The maximum Gasteiger partial charge on any atom is 0.0123 e. The van der Waals surface area contributed by atoms with Gasteiger partial charge in [-0.1, -0.05) is 130 Å². The largest absolute Gasteiger partial charge is 0.0995 e. The number of hydrogen-bond donors (Lipinski definition) is 0. The molecule has 0 aliphatic heterocycles. The molecule has 4 unspecified atom stereocenters. The molecule has 3 aromatic rings. The van der Waals surface area contributed by atoms with Crippen LogP contribution in [0.15, 0.2) is 108 Å². The molecule has 5 rings (SSSR count). The lowest BCUT2D eigenvalue weighted by molar-refractivity contribution is 0.322. The molecule has 0 saturated heterocycles. The van der Waals surface area contributed by atoms with Crippen LogP contribution < -0.4 is 0 Å². The minimum absolute atomic E-state index is 0.360. The molecule has 0 bridgehead atoms. The Bertz CT molecular complexity index is 1320. The van der Waals surface area contributed by atoms with Gasteiger partial charge in [0.15, 0.2) is 0 Å². The molecular weight excluding hydrogens is 420 g/mol. The third kappa shape index (κ3) is 4.25. The summed E-state index contributed by atoms with van der Waals surface area (Å²) >= 11 is 0. The van der Waals surface area contributed by atoms with Crippen LogP contribution in [-0.4, -0.2) is 0 Å². The monoisotopic (exact) mass is 458 g/mol. The summed E-state index contributed by atoms with van der Waals surface area (Å²) in [6.07, 6.45) is 9.31. The van der Waals surface area contributed by atoms with Gasteiger partial charge >= 0.3 is 0 Å². The molecule has 0 heterocycles. The molecule has 1 saturated carbocycles. The Morgan fingerprint density at radius 1 is 0.971 bits per heavy atom. The van der Waals surface area contributed by atoms with Gasteiger partial charge in [-0.15, -0.1) is 0 Å². The fourth-order valence-electron chi connectivity index (χ4n) is 6.78. The molecule has 35 heavy (non-hydrogen) atoms. The number of rotatable bonds is 6. The highest BCUT2D eigenvalue weighted by atomic mass is 14.5. The van der Waals surface area contributed by atoms with Crippen molar-refractivity contribution >= 4 is 16.8 Å². The Kier molecular flexibility index (Phi) is 6.65. The van der Waals surface area contributed by atoms with Gasteiger partial charge in [0.1, 0.15) is 0 Å². The summed E-state index contributed by atoms with van der Waals surface area (Å²) in [5.41, 5.74) is 9.88. The molecule has 2 aliphatic rings. The van der Waals surface area contributed by atoms with Crippen LogP contribution >= 0.6 is 0 Å². The number of allylic oxidation sites excluding steroid dienone is 5. The highest BCUT2D eigenvalue weighted by Gasteiger charge is 2.45. The minimum atomic E-state index is 0.360. The molecule has 0 N–H and O–H groups in total. The van der Waals surface area contributed by atoms with Crippen LogP contribution in [0.4, 0.5) is 0 Å². The van der Waals surface area contributed by atoms with Crippen molar-refractivity contribution in [3.63, 3.8) is 0 Å². The van der Waals surface area contributed by atoms with E-state index in [1.54, 1.807) is 5.57 Å². The van der Waals surface area contributed by atoms with Crippen molar-refractivity contribution in [1.29, 1.82) is 0 Å². The quantitative estimate of drug-likeness (QED) is 0.322. The second kappa shape index (κ2) is 9.86. The molecular formula is C35H38. The predicted octanol–water partition coefficient (Wildman–Crippen LogP) is 9.69. The first-order valence-electron chi connectivity index (χ1n) is 13.4. The van der Waals surface area contributed by atoms with Gasteiger partial charge < -0.3 is 0 Å². The van der Waals surface area contributed by atoms with Crippen LogP contribution in [0, 0.1) is 17.8 Å². The van der Waals surface area contributed by atoms with E-state index in [9.17, 15) is 0 Å². The third-order valence-electron chi connectivity index (χ3n) is 8.36. The topological polar surface area (TPSA) is 0 Å². The van der Waals surface area contributed by atoms with Gasteiger partial charge in [-0.2, -0.15) is 0 Å². The van der Waals surface area contributed by atoms with Gasteiger partial charge in [0.25, 0.3) is 0 Å². The first-order valence-corrected chi connectivity index (χ1v) is 13.4. The van der Waals surface area contributed by atoms with Crippen LogP contribution in [0.1, 0.15) is 62.6 Å². The van der Waals surface area contributed by atoms with Crippen LogP contribution in [0.5, 0.6) is 0 Å². The van der Waals surface area contributed by atoms with E-state index in [0.717, 1.165) is 25.7 Å². The lowest BCUT2D eigenvalue weighted by Crippen LogP contribution is -2.31. The van der Waals surface area contributed by atoms with Gasteiger partial charge in [0.05, 0.1) is 0 Å².